The van der Waals surface area contributed by atoms with E-state index in [0.29, 0.717) is 16.6 Å². The standard InChI is InChI=1S/C25H24N4O3S/c1-16-8-6-9-17(2)23(16)27-21(30)14-29(3)22(31)15-33-25-18-10-4-5-11-19(18)26-24(28-25)20-12-7-13-32-20/h4-13H,14-15H2,1-3H3,(H,27,30). The number of nitrogens with zero attached hydrogens (tertiary/aromatic N) is 3. The largest absolute Gasteiger partial charge is 0.461 e. The van der Waals surface area contributed by atoms with Crippen molar-refractivity contribution in [2.24, 2.45) is 0 Å². The summed E-state index contributed by atoms with van der Waals surface area (Å²) < 4.78 is 5.44. The zero-order chi connectivity index (χ0) is 23.4. The van der Waals surface area contributed by atoms with Crippen LogP contribution in [0.15, 0.2) is 70.3 Å². The van der Waals surface area contributed by atoms with Crippen LogP contribution in [0.5, 0.6) is 0 Å². The van der Waals surface area contributed by atoms with E-state index in [1.807, 2.05) is 56.3 Å². The minimum absolute atomic E-state index is 0.0324. The van der Waals surface area contributed by atoms with Crippen LogP contribution in [0.4, 0.5) is 5.69 Å². The van der Waals surface area contributed by atoms with E-state index in [2.05, 4.69) is 15.3 Å². The maximum absolute atomic E-state index is 12.8. The van der Waals surface area contributed by atoms with Gasteiger partial charge in [-0.15, -0.1) is 0 Å². The van der Waals surface area contributed by atoms with E-state index in [1.165, 1.54) is 16.7 Å². The van der Waals surface area contributed by atoms with Crippen LogP contribution < -0.4 is 5.32 Å². The molecule has 7 nitrogen and oxygen atoms in total. The topological polar surface area (TPSA) is 88.3 Å². The number of aromatic nitrogens is 2. The minimum Gasteiger partial charge on any atom is -0.461 e. The van der Waals surface area contributed by atoms with Gasteiger partial charge in [0.05, 0.1) is 24.1 Å². The second kappa shape index (κ2) is 9.87. The third kappa shape index (κ3) is 5.23. The van der Waals surface area contributed by atoms with Gasteiger partial charge < -0.3 is 14.6 Å². The highest BCUT2D eigenvalue weighted by atomic mass is 32.2. The van der Waals surface area contributed by atoms with Crippen LogP contribution in [-0.2, 0) is 9.59 Å². The summed E-state index contributed by atoms with van der Waals surface area (Å²) in [5.74, 6) is 0.773. The lowest BCUT2D eigenvalue weighted by molar-refractivity contribution is -0.131. The molecule has 0 radical (unpaired) electrons. The molecule has 0 saturated heterocycles. The van der Waals surface area contributed by atoms with E-state index in [4.69, 9.17) is 4.42 Å². The third-order valence-corrected chi connectivity index (χ3v) is 6.17. The van der Waals surface area contributed by atoms with Crippen molar-refractivity contribution in [3.05, 3.63) is 72.0 Å². The van der Waals surface area contributed by atoms with Gasteiger partial charge in [-0.25, -0.2) is 9.97 Å². The van der Waals surface area contributed by atoms with Gasteiger partial charge in [-0.2, -0.15) is 0 Å². The van der Waals surface area contributed by atoms with Crippen LogP contribution in [-0.4, -0.2) is 46.0 Å². The molecular weight excluding hydrogens is 436 g/mol. The van der Waals surface area contributed by atoms with E-state index in [9.17, 15) is 9.59 Å². The molecule has 0 fully saturated rings. The SMILES string of the molecule is Cc1cccc(C)c1NC(=O)CN(C)C(=O)CSc1nc(-c2ccco2)nc2ccccc12. The predicted octanol–water partition coefficient (Wildman–Crippen LogP) is 4.70. The Balaban J connectivity index is 1.43. The molecule has 0 atom stereocenters. The Morgan fingerprint density at radius 1 is 1.00 bits per heavy atom. The Kier molecular flexibility index (Phi) is 6.74. The first-order valence-electron chi connectivity index (χ1n) is 10.5. The summed E-state index contributed by atoms with van der Waals surface area (Å²) in [7, 11) is 1.62. The molecule has 2 amide bonds. The Labute approximate surface area is 196 Å². The molecule has 0 unspecified atom stereocenters. The van der Waals surface area contributed by atoms with Crippen LogP contribution in [0, 0.1) is 13.8 Å². The number of carbonyl (C=O) groups is 2. The van der Waals surface area contributed by atoms with Gasteiger partial charge in [0.25, 0.3) is 0 Å². The molecule has 33 heavy (non-hydrogen) atoms. The first-order chi connectivity index (χ1) is 15.9. The van der Waals surface area contributed by atoms with Crippen molar-refractivity contribution in [1.82, 2.24) is 14.9 Å². The highest BCUT2D eigenvalue weighted by Crippen LogP contribution is 2.28. The van der Waals surface area contributed by atoms with Crippen molar-refractivity contribution in [3.63, 3.8) is 0 Å². The molecule has 2 heterocycles. The summed E-state index contributed by atoms with van der Waals surface area (Å²) in [6.45, 7) is 3.85. The van der Waals surface area contributed by atoms with Crippen molar-refractivity contribution >= 4 is 40.2 Å². The van der Waals surface area contributed by atoms with Crippen LogP contribution in [0.1, 0.15) is 11.1 Å². The number of likely N-dealkylation sites (N-methyl/N-ethyl adjacent to an activating group) is 1. The molecule has 0 aliphatic rings. The van der Waals surface area contributed by atoms with E-state index in [0.717, 1.165) is 27.7 Å². The second-order valence-corrected chi connectivity index (χ2v) is 8.66. The highest BCUT2D eigenvalue weighted by Gasteiger charge is 2.17. The molecule has 0 aliphatic carbocycles. The number of rotatable bonds is 7. The summed E-state index contributed by atoms with van der Waals surface area (Å²) in [6.07, 6.45) is 1.57. The summed E-state index contributed by atoms with van der Waals surface area (Å²) in [5.41, 5.74) is 3.53. The number of hydrogen-bond acceptors (Lipinski definition) is 6. The molecular formula is C25H24N4O3S. The molecule has 0 saturated carbocycles. The average Bonchev–Trinajstić information content (AvgIpc) is 3.34. The van der Waals surface area contributed by atoms with Crippen molar-refractivity contribution in [2.75, 3.05) is 24.7 Å². The first kappa shape index (κ1) is 22.5. The Hall–Kier alpha value is -3.65. The third-order valence-electron chi connectivity index (χ3n) is 5.19. The van der Waals surface area contributed by atoms with Gasteiger partial charge >= 0.3 is 0 Å². The predicted molar refractivity (Wildman–Crippen MR) is 130 cm³/mol. The van der Waals surface area contributed by atoms with Gasteiger partial charge in [-0.3, -0.25) is 9.59 Å². The smallest absolute Gasteiger partial charge is 0.243 e. The molecule has 2 aromatic heterocycles. The number of amides is 2. The Morgan fingerprint density at radius 3 is 2.48 bits per heavy atom. The lowest BCUT2D eigenvalue weighted by Crippen LogP contribution is -2.36. The molecule has 168 valence electrons. The van der Waals surface area contributed by atoms with E-state index >= 15 is 0 Å². The van der Waals surface area contributed by atoms with Crippen molar-refractivity contribution in [2.45, 2.75) is 18.9 Å². The highest BCUT2D eigenvalue weighted by molar-refractivity contribution is 8.00. The number of carbonyl (C=O) groups excluding carboxylic acids is 2. The van der Waals surface area contributed by atoms with Crippen molar-refractivity contribution in [1.29, 1.82) is 0 Å². The fourth-order valence-corrected chi connectivity index (χ4v) is 4.37. The number of benzene rings is 2. The fraction of sp³-hybridized carbons (Fsp3) is 0.200. The average molecular weight is 461 g/mol. The Morgan fingerprint density at radius 2 is 1.76 bits per heavy atom. The lowest BCUT2D eigenvalue weighted by atomic mass is 10.1. The first-order valence-corrected chi connectivity index (χ1v) is 11.4. The van der Waals surface area contributed by atoms with E-state index in [-0.39, 0.29) is 24.1 Å². The number of nitrogens with one attached hydrogen (secondary N) is 1. The monoisotopic (exact) mass is 460 g/mol. The van der Waals surface area contributed by atoms with Gasteiger partial charge in [-0.05, 0) is 43.2 Å². The Bertz CT molecular complexity index is 1280. The summed E-state index contributed by atoms with van der Waals surface area (Å²) in [4.78, 5) is 35.9. The quantitative estimate of drug-likeness (QED) is 0.318. The van der Waals surface area contributed by atoms with Crippen LogP contribution >= 0.6 is 11.8 Å². The molecule has 0 aliphatic heterocycles. The number of aryl methyl sites for hydroxylation is 2. The number of thioether (sulfide) groups is 1. The van der Waals surface area contributed by atoms with Gasteiger partial charge in [0.2, 0.25) is 11.8 Å². The van der Waals surface area contributed by atoms with Crippen molar-refractivity contribution in [3.8, 4) is 11.6 Å². The molecule has 0 bridgehead atoms. The minimum atomic E-state index is -0.235. The molecule has 8 heteroatoms. The zero-order valence-corrected chi connectivity index (χ0v) is 19.5. The van der Waals surface area contributed by atoms with Crippen LogP contribution in [0.3, 0.4) is 0 Å². The van der Waals surface area contributed by atoms with E-state index < -0.39 is 0 Å². The molecule has 0 spiro atoms. The van der Waals surface area contributed by atoms with Gasteiger partial charge in [0.1, 0.15) is 5.03 Å². The van der Waals surface area contributed by atoms with Gasteiger partial charge in [0, 0.05) is 18.1 Å². The van der Waals surface area contributed by atoms with Crippen molar-refractivity contribution < 1.29 is 14.0 Å². The lowest BCUT2D eigenvalue weighted by Gasteiger charge is -2.18. The number of hydrogen-bond donors (Lipinski definition) is 1. The molecule has 2 aromatic carbocycles. The second-order valence-electron chi connectivity index (χ2n) is 7.70. The summed E-state index contributed by atoms with van der Waals surface area (Å²) in [6, 6.07) is 17.1. The van der Waals surface area contributed by atoms with E-state index in [1.54, 1.807) is 25.4 Å². The zero-order valence-electron chi connectivity index (χ0n) is 18.7. The maximum atomic E-state index is 12.8. The molecule has 1 N–H and O–H groups in total. The summed E-state index contributed by atoms with van der Waals surface area (Å²) >= 11 is 1.32. The fourth-order valence-electron chi connectivity index (χ4n) is 3.41. The number of para-hydroxylation sites is 2. The number of anilines is 1. The molecule has 4 aromatic rings. The number of fused-ring (bicyclic) bond motifs is 1. The van der Waals surface area contributed by atoms with Crippen LogP contribution in [0.25, 0.3) is 22.5 Å². The van der Waals surface area contributed by atoms with Gasteiger partial charge in [0.15, 0.2) is 11.6 Å². The summed E-state index contributed by atoms with van der Waals surface area (Å²) in [5, 5.41) is 4.47. The maximum Gasteiger partial charge on any atom is 0.243 e. The normalized spacial score (nSPS) is 10.9. The van der Waals surface area contributed by atoms with Gasteiger partial charge in [-0.1, -0.05) is 48.2 Å². The number of furan rings is 1. The van der Waals surface area contributed by atoms with Crippen LogP contribution in [0.2, 0.25) is 0 Å². The molecule has 4 rings (SSSR count).